The van der Waals surface area contributed by atoms with Gasteiger partial charge in [0.2, 0.25) is 0 Å². The predicted octanol–water partition coefficient (Wildman–Crippen LogP) is 2.88. The maximum absolute atomic E-state index is 9.21. The summed E-state index contributed by atoms with van der Waals surface area (Å²) in [6, 6.07) is 11.0. The van der Waals surface area contributed by atoms with E-state index in [1.54, 1.807) is 18.3 Å². The normalized spacial score (nSPS) is 10.7. The van der Waals surface area contributed by atoms with Crippen LogP contribution in [0.1, 0.15) is 5.56 Å². The van der Waals surface area contributed by atoms with E-state index in [-0.39, 0.29) is 5.75 Å². The van der Waals surface area contributed by atoms with Crippen molar-refractivity contribution in [2.45, 2.75) is 6.54 Å². The van der Waals surface area contributed by atoms with Crippen LogP contribution in [-0.2, 0) is 6.54 Å². The average molecular weight is 239 g/mol. The number of aromatic hydroxyl groups is 1. The van der Waals surface area contributed by atoms with E-state index in [0.29, 0.717) is 0 Å². The SMILES string of the molecule is Oc1ccc(NCc2c[nH]c3ncccc23)cc1. The molecule has 0 atom stereocenters. The lowest BCUT2D eigenvalue weighted by molar-refractivity contribution is 0.475. The van der Waals surface area contributed by atoms with E-state index >= 15 is 0 Å². The van der Waals surface area contributed by atoms with Crippen LogP contribution in [0.25, 0.3) is 11.0 Å². The summed E-state index contributed by atoms with van der Waals surface area (Å²) < 4.78 is 0. The van der Waals surface area contributed by atoms with Crippen molar-refractivity contribution in [1.29, 1.82) is 0 Å². The molecule has 18 heavy (non-hydrogen) atoms. The highest BCUT2D eigenvalue weighted by Crippen LogP contribution is 2.18. The molecule has 0 aliphatic rings. The van der Waals surface area contributed by atoms with Crippen molar-refractivity contribution in [3.8, 4) is 5.75 Å². The fraction of sp³-hybridized carbons (Fsp3) is 0.0714. The quantitative estimate of drug-likeness (QED) is 0.616. The van der Waals surface area contributed by atoms with Gasteiger partial charge in [-0.2, -0.15) is 0 Å². The van der Waals surface area contributed by atoms with Crippen LogP contribution in [0.4, 0.5) is 5.69 Å². The number of rotatable bonds is 3. The number of phenols is 1. The first-order valence-corrected chi connectivity index (χ1v) is 5.77. The van der Waals surface area contributed by atoms with Gasteiger partial charge in [0.05, 0.1) is 0 Å². The van der Waals surface area contributed by atoms with Gasteiger partial charge in [-0.25, -0.2) is 4.98 Å². The Hall–Kier alpha value is -2.49. The second kappa shape index (κ2) is 4.41. The third kappa shape index (κ3) is 2.00. The van der Waals surface area contributed by atoms with Gasteiger partial charge in [-0.1, -0.05) is 0 Å². The Labute approximate surface area is 104 Å². The third-order valence-electron chi connectivity index (χ3n) is 2.89. The molecule has 0 saturated heterocycles. The van der Waals surface area contributed by atoms with E-state index in [2.05, 4.69) is 15.3 Å². The number of hydrogen-bond acceptors (Lipinski definition) is 3. The fourth-order valence-corrected chi connectivity index (χ4v) is 1.94. The Morgan fingerprint density at radius 3 is 2.83 bits per heavy atom. The molecule has 90 valence electrons. The number of benzene rings is 1. The number of fused-ring (bicyclic) bond motifs is 1. The van der Waals surface area contributed by atoms with Crippen molar-refractivity contribution >= 4 is 16.7 Å². The maximum atomic E-state index is 9.21. The van der Waals surface area contributed by atoms with Crippen LogP contribution in [-0.4, -0.2) is 15.1 Å². The lowest BCUT2D eigenvalue weighted by Gasteiger charge is -2.05. The summed E-state index contributed by atoms with van der Waals surface area (Å²) in [5.41, 5.74) is 3.05. The van der Waals surface area contributed by atoms with Gasteiger partial charge >= 0.3 is 0 Å². The predicted molar refractivity (Wildman–Crippen MR) is 71.5 cm³/mol. The second-order valence-electron chi connectivity index (χ2n) is 4.11. The summed E-state index contributed by atoms with van der Waals surface area (Å²) >= 11 is 0. The summed E-state index contributed by atoms with van der Waals surface area (Å²) in [4.78, 5) is 7.39. The number of nitrogens with zero attached hydrogens (tertiary/aromatic N) is 1. The van der Waals surface area contributed by atoms with Gasteiger partial charge in [-0.3, -0.25) is 0 Å². The zero-order valence-electron chi connectivity index (χ0n) is 9.72. The molecule has 3 aromatic rings. The largest absolute Gasteiger partial charge is 0.508 e. The van der Waals surface area contributed by atoms with Crippen LogP contribution in [0.2, 0.25) is 0 Å². The Balaban J connectivity index is 1.79. The van der Waals surface area contributed by atoms with E-state index in [4.69, 9.17) is 0 Å². The monoisotopic (exact) mass is 239 g/mol. The topological polar surface area (TPSA) is 60.9 Å². The number of anilines is 1. The molecule has 1 aromatic carbocycles. The van der Waals surface area contributed by atoms with Crippen molar-refractivity contribution in [3.63, 3.8) is 0 Å². The first-order valence-electron chi connectivity index (χ1n) is 5.77. The lowest BCUT2D eigenvalue weighted by atomic mass is 10.2. The summed E-state index contributed by atoms with van der Waals surface area (Å²) in [5.74, 6) is 0.275. The Morgan fingerprint density at radius 1 is 1.17 bits per heavy atom. The van der Waals surface area contributed by atoms with E-state index in [0.717, 1.165) is 23.3 Å². The van der Waals surface area contributed by atoms with Crippen molar-refractivity contribution in [1.82, 2.24) is 9.97 Å². The van der Waals surface area contributed by atoms with E-state index in [1.807, 2.05) is 30.5 Å². The van der Waals surface area contributed by atoms with Gasteiger partial charge in [-0.15, -0.1) is 0 Å². The van der Waals surface area contributed by atoms with Gasteiger partial charge < -0.3 is 15.4 Å². The molecular formula is C14H13N3O. The minimum Gasteiger partial charge on any atom is -0.508 e. The summed E-state index contributed by atoms with van der Waals surface area (Å²) in [6.45, 7) is 0.719. The van der Waals surface area contributed by atoms with Crippen LogP contribution in [0.3, 0.4) is 0 Å². The molecular weight excluding hydrogens is 226 g/mol. The molecule has 0 amide bonds. The number of phenolic OH excluding ortho intramolecular Hbond substituents is 1. The molecule has 0 unspecified atom stereocenters. The summed E-state index contributed by atoms with van der Waals surface area (Å²) in [6.07, 6.45) is 3.74. The average Bonchev–Trinajstić information content (AvgIpc) is 2.82. The highest BCUT2D eigenvalue weighted by Gasteiger charge is 2.03. The van der Waals surface area contributed by atoms with E-state index in [1.165, 1.54) is 5.56 Å². The van der Waals surface area contributed by atoms with Crippen LogP contribution < -0.4 is 5.32 Å². The molecule has 3 rings (SSSR count). The van der Waals surface area contributed by atoms with Gasteiger partial charge in [0, 0.05) is 30.0 Å². The second-order valence-corrected chi connectivity index (χ2v) is 4.11. The number of pyridine rings is 1. The van der Waals surface area contributed by atoms with Crippen LogP contribution in [0.5, 0.6) is 5.75 Å². The zero-order chi connectivity index (χ0) is 12.4. The van der Waals surface area contributed by atoms with Crippen molar-refractivity contribution in [2.75, 3.05) is 5.32 Å². The standard InChI is InChI=1S/C14H13N3O/c18-12-5-3-11(4-6-12)16-8-10-9-17-14-13(10)2-1-7-15-14/h1-7,9,16,18H,8H2,(H,15,17). The minimum absolute atomic E-state index is 0.275. The lowest BCUT2D eigenvalue weighted by Crippen LogP contribution is -1.98. The molecule has 3 N–H and O–H groups in total. The molecule has 0 radical (unpaired) electrons. The first-order chi connectivity index (χ1) is 8.83. The summed E-state index contributed by atoms with van der Waals surface area (Å²) in [5, 5.41) is 13.6. The van der Waals surface area contributed by atoms with Crippen LogP contribution >= 0.6 is 0 Å². The molecule has 4 heteroatoms. The Bertz CT molecular complexity index is 658. The van der Waals surface area contributed by atoms with Crippen molar-refractivity contribution in [2.24, 2.45) is 0 Å². The first kappa shape index (κ1) is 10.7. The Morgan fingerprint density at radius 2 is 2.00 bits per heavy atom. The van der Waals surface area contributed by atoms with E-state index < -0.39 is 0 Å². The number of H-pyrrole nitrogens is 1. The molecule has 0 aliphatic heterocycles. The van der Waals surface area contributed by atoms with Gasteiger partial charge in [0.15, 0.2) is 0 Å². The van der Waals surface area contributed by atoms with Crippen molar-refractivity contribution < 1.29 is 5.11 Å². The molecule has 0 aliphatic carbocycles. The minimum atomic E-state index is 0.275. The van der Waals surface area contributed by atoms with Gasteiger partial charge in [-0.05, 0) is 42.0 Å². The van der Waals surface area contributed by atoms with Crippen LogP contribution in [0, 0.1) is 0 Å². The van der Waals surface area contributed by atoms with E-state index in [9.17, 15) is 5.11 Å². The Kier molecular flexibility index (Phi) is 2.61. The molecule has 2 aromatic heterocycles. The van der Waals surface area contributed by atoms with Crippen LogP contribution in [0.15, 0.2) is 48.8 Å². The third-order valence-corrected chi connectivity index (χ3v) is 2.89. The fourth-order valence-electron chi connectivity index (χ4n) is 1.94. The maximum Gasteiger partial charge on any atom is 0.137 e. The van der Waals surface area contributed by atoms with Gasteiger partial charge in [0.25, 0.3) is 0 Å². The van der Waals surface area contributed by atoms with Gasteiger partial charge in [0.1, 0.15) is 11.4 Å². The number of aromatic amines is 1. The highest BCUT2D eigenvalue weighted by atomic mass is 16.3. The summed E-state index contributed by atoms with van der Waals surface area (Å²) in [7, 11) is 0. The molecule has 0 fully saturated rings. The molecule has 4 nitrogen and oxygen atoms in total. The smallest absolute Gasteiger partial charge is 0.137 e. The highest BCUT2D eigenvalue weighted by molar-refractivity contribution is 5.79. The number of nitrogens with one attached hydrogen (secondary N) is 2. The zero-order valence-corrected chi connectivity index (χ0v) is 9.72. The molecule has 0 spiro atoms. The molecule has 0 saturated carbocycles. The van der Waals surface area contributed by atoms with Crippen molar-refractivity contribution in [3.05, 3.63) is 54.4 Å². The number of hydrogen-bond donors (Lipinski definition) is 3. The molecule has 2 heterocycles. The molecule has 0 bridgehead atoms. The number of aromatic nitrogens is 2.